The van der Waals surface area contributed by atoms with Gasteiger partial charge in [0.15, 0.2) is 5.82 Å². The van der Waals surface area contributed by atoms with Crippen LogP contribution in [0.5, 0.6) is 0 Å². The van der Waals surface area contributed by atoms with Gasteiger partial charge in [0, 0.05) is 13.2 Å². The van der Waals surface area contributed by atoms with Crippen molar-refractivity contribution in [2.24, 2.45) is 5.73 Å². The first kappa shape index (κ1) is 11.6. The second-order valence-electron chi connectivity index (χ2n) is 4.74. The van der Waals surface area contributed by atoms with Crippen LogP contribution in [0.25, 0.3) is 11.0 Å². The molecule has 1 aromatic heterocycles. The molecule has 96 valence electrons. The van der Waals surface area contributed by atoms with Gasteiger partial charge < -0.3 is 15.0 Å². The van der Waals surface area contributed by atoms with Crippen molar-refractivity contribution in [1.82, 2.24) is 9.55 Å². The average Bonchev–Trinajstić information content (AvgIpc) is 3.10. The van der Waals surface area contributed by atoms with E-state index in [-0.39, 0.29) is 11.9 Å². The topological polar surface area (TPSA) is 53.1 Å². The lowest BCUT2D eigenvalue weighted by molar-refractivity contribution is 0.177. The molecule has 1 aliphatic carbocycles. The van der Waals surface area contributed by atoms with Gasteiger partial charge in [0.2, 0.25) is 0 Å². The van der Waals surface area contributed by atoms with Crippen molar-refractivity contribution in [3.8, 4) is 0 Å². The summed E-state index contributed by atoms with van der Waals surface area (Å²) in [6.45, 7) is 0.387. The summed E-state index contributed by atoms with van der Waals surface area (Å²) in [6, 6.07) is 5.13. The summed E-state index contributed by atoms with van der Waals surface area (Å²) in [5.74, 6) is 0.428. The minimum atomic E-state index is -0.317. The molecule has 4 nitrogen and oxygen atoms in total. The number of fused-ring (bicyclic) bond motifs is 1. The Labute approximate surface area is 105 Å². The first-order chi connectivity index (χ1) is 8.72. The molecule has 2 aromatic rings. The van der Waals surface area contributed by atoms with Crippen LogP contribution in [-0.4, -0.2) is 23.3 Å². The Morgan fingerprint density at radius 2 is 2.33 bits per heavy atom. The van der Waals surface area contributed by atoms with E-state index >= 15 is 0 Å². The zero-order chi connectivity index (χ0) is 12.7. The molecule has 0 aliphatic heterocycles. The van der Waals surface area contributed by atoms with Crippen LogP contribution in [0, 0.1) is 5.82 Å². The molecule has 18 heavy (non-hydrogen) atoms. The van der Waals surface area contributed by atoms with Gasteiger partial charge in [-0.2, -0.15) is 0 Å². The molecule has 0 bridgehead atoms. The molecule has 0 spiro atoms. The third-order valence-electron chi connectivity index (χ3n) is 3.29. The fourth-order valence-electron chi connectivity index (χ4n) is 2.33. The number of imidazole rings is 1. The van der Waals surface area contributed by atoms with Crippen molar-refractivity contribution in [3.63, 3.8) is 0 Å². The number of para-hydroxylation sites is 1. The molecule has 1 saturated carbocycles. The number of ether oxygens (including phenoxy) is 1. The molecule has 3 rings (SSSR count). The second kappa shape index (κ2) is 4.33. The largest absolute Gasteiger partial charge is 0.383 e. The Bertz CT molecular complexity index is 577. The summed E-state index contributed by atoms with van der Waals surface area (Å²) in [5.41, 5.74) is 7.30. The summed E-state index contributed by atoms with van der Waals surface area (Å²) < 4.78 is 20.9. The molecule has 1 aliphatic rings. The van der Waals surface area contributed by atoms with Crippen LogP contribution in [0.1, 0.15) is 30.7 Å². The molecule has 2 N–H and O–H groups in total. The summed E-state index contributed by atoms with van der Waals surface area (Å²) in [5, 5.41) is 0. The van der Waals surface area contributed by atoms with Gasteiger partial charge in [-0.1, -0.05) is 6.07 Å². The van der Waals surface area contributed by atoms with Crippen LogP contribution in [0.4, 0.5) is 4.39 Å². The number of hydrogen-bond acceptors (Lipinski definition) is 3. The molecule has 5 heteroatoms. The number of nitrogens with two attached hydrogens (primary N) is 1. The molecule has 1 aromatic carbocycles. The van der Waals surface area contributed by atoms with E-state index in [1.54, 1.807) is 13.2 Å². The monoisotopic (exact) mass is 249 g/mol. The maximum absolute atomic E-state index is 13.8. The van der Waals surface area contributed by atoms with E-state index in [1.807, 2.05) is 6.07 Å². The molecule has 1 atom stereocenters. The zero-order valence-electron chi connectivity index (χ0n) is 10.3. The SMILES string of the molecule is COCC(N)c1nc2c(F)cccc2n1C1CC1. The van der Waals surface area contributed by atoms with Crippen molar-refractivity contribution < 1.29 is 9.13 Å². The number of aromatic nitrogens is 2. The van der Waals surface area contributed by atoms with Gasteiger partial charge >= 0.3 is 0 Å². The maximum atomic E-state index is 13.8. The van der Waals surface area contributed by atoms with Crippen LogP contribution in [0.15, 0.2) is 18.2 Å². The first-order valence-electron chi connectivity index (χ1n) is 6.13. The van der Waals surface area contributed by atoms with E-state index in [9.17, 15) is 4.39 Å². The zero-order valence-corrected chi connectivity index (χ0v) is 10.3. The Morgan fingerprint density at radius 3 is 3.00 bits per heavy atom. The molecule has 1 fully saturated rings. The lowest BCUT2D eigenvalue weighted by Gasteiger charge is -2.13. The van der Waals surface area contributed by atoms with E-state index in [0.717, 1.165) is 24.2 Å². The summed E-state index contributed by atoms with van der Waals surface area (Å²) in [4.78, 5) is 4.37. The van der Waals surface area contributed by atoms with Gasteiger partial charge in [0.05, 0.1) is 18.2 Å². The lowest BCUT2D eigenvalue weighted by Crippen LogP contribution is -2.20. The van der Waals surface area contributed by atoms with E-state index in [4.69, 9.17) is 10.5 Å². The summed E-state index contributed by atoms with van der Waals surface area (Å²) in [6.07, 6.45) is 2.21. The van der Waals surface area contributed by atoms with Gasteiger partial charge in [-0.3, -0.25) is 0 Å². The van der Waals surface area contributed by atoms with Crippen LogP contribution >= 0.6 is 0 Å². The standard InChI is InChI=1S/C13H16FN3O/c1-18-7-10(15)13-16-12-9(14)3-2-4-11(12)17(13)8-5-6-8/h2-4,8,10H,5-7,15H2,1H3. The van der Waals surface area contributed by atoms with Gasteiger partial charge in [-0.25, -0.2) is 9.37 Å². The maximum Gasteiger partial charge on any atom is 0.151 e. The van der Waals surface area contributed by atoms with Gasteiger partial charge in [-0.05, 0) is 25.0 Å². The molecule has 1 unspecified atom stereocenters. The second-order valence-corrected chi connectivity index (χ2v) is 4.74. The van der Waals surface area contributed by atoms with Crippen molar-refractivity contribution in [1.29, 1.82) is 0 Å². The van der Waals surface area contributed by atoms with Gasteiger partial charge in [-0.15, -0.1) is 0 Å². The smallest absolute Gasteiger partial charge is 0.151 e. The number of rotatable bonds is 4. The van der Waals surface area contributed by atoms with Crippen LogP contribution in [0.3, 0.4) is 0 Å². The van der Waals surface area contributed by atoms with Crippen molar-refractivity contribution >= 4 is 11.0 Å². The number of halogens is 1. The quantitative estimate of drug-likeness (QED) is 0.903. The first-order valence-corrected chi connectivity index (χ1v) is 6.13. The fraction of sp³-hybridized carbons (Fsp3) is 0.462. The Hall–Kier alpha value is -1.46. The van der Waals surface area contributed by atoms with E-state index < -0.39 is 0 Å². The predicted molar refractivity (Wildman–Crippen MR) is 66.8 cm³/mol. The van der Waals surface area contributed by atoms with Crippen molar-refractivity contribution in [3.05, 3.63) is 29.8 Å². The average molecular weight is 249 g/mol. The van der Waals surface area contributed by atoms with Gasteiger partial charge in [0.25, 0.3) is 0 Å². The van der Waals surface area contributed by atoms with Crippen molar-refractivity contribution in [2.75, 3.05) is 13.7 Å². The number of benzene rings is 1. The normalized spacial score (nSPS) is 17.3. The number of methoxy groups -OCH3 is 1. The van der Waals surface area contributed by atoms with E-state index in [2.05, 4.69) is 9.55 Å². The highest BCUT2D eigenvalue weighted by Crippen LogP contribution is 2.40. The lowest BCUT2D eigenvalue weighted by atomic mass is 10.3. The Balaban J connectivity index is 2.17. The minimum absolute atomic E-state index is 0.294. The predicted octanol–water partition coefficient (Wildman–Crippen LogP) is 2.16. The van der Waals surface area contributed by atoms with E-state index in [0.29, 0.717) is 18.2 Å². The van der Waals surface area contributed by atoms with Gasteiger partial charge in [0.1, 0.15) is 11.3 Å². The fourth-order valence-corrected chi connectivity index (χ4v) is 2.33. The highest BCUT2D eigenvalue weighted by Gasteiger charge is 2.30. The molecule has 0 saturated heterocycles. The molecule has 0 amide bonds. The number of nitrogens with zero attached hydrogens (tertiary/aromatic N) is 2. The molecular weight excluding hydrogens is 233 g/mol. The van der Waals surface area contributed by atoms with Crippen LogP contribution in [0.2, 0.25) is 0 Å². The highest BCUT2D eigenvalue weighted by atomic mass is 19.1. The highest BCUT2D eigenvalue weighted by molar-refractivity contribution is 5.77. The Morgan fingerprint density at radius 1 is 1.56 bits per heavy atom. The third-order valence-corrected chi connectivity index (χ3v) is 3.29. The van der Waals surface area contributed by atoms with Crippen LogP contribution in [-0.2, 0) is 4.74 Å². The molecule has 1 heterocycles. The van der Waals surface area contributed by atoms with E-state index in [1.165, 1.54) is 6.07 Å². The summed E-state index contributed by atoms with van der Waals surface area (Å²) >= 11 is 0. The third kappa shape index (κ3) is 1.79. The summed E-state index contributed by atoms with van der Waals surface area (Å²) in [7, 11) is 1.60. The molecule has 0 radical (unpaired) electrons. The molecular formula is C13H16FN3O. The minimum Gasteiger partial charge on any atom is -0.383 e. The number of hydrogen-bond donors (Lipinski definition) is 1. The van der Waals surface area contributed by atoms with Crippen molar-refractivity contribution in [2.45, 2.75) is 24.9 Å². The Kier molecular flexibility index (Phi) is 2.80. The van der Waals surface area contributed by atoms with Crippen LogP contribution < -0.4 is 5.73 Å².